The first kappa shape index (κ1) is 22.6. The van der Waals surface area contributed by atoms with E-state index < -0.39 is 5.66 Å². The zero-order chi connectivity index (χ0) is 23.1. The molecule has 1 aliphatic rings. The van der Waals surface area contributed by atoms with Crippen molar-refractivity contribution >= 4 is 11.8 Å². The summed E-state index contributed by atoms with van der Waals surface area (Å²) in [5.41, 5.74) is 9.32. The van der Waals surface area contributed by atoms with Crippen molar-refractivity contribution in [3.05, 3.63) is 83.6 Å². The van der Waals surface area contributed by atoms with Crippen LogP contribution in [0.4, 0.5) is 5.82 Å². The molecule has 7 heteroatoms. The number of rotatable bonds is 9. The van der Waals surface area contributed by atoms with Gasteiger partial charge < -0.3 is 25.8 Å². The molecule has 0 radical (unpaired) electrons. The molecule has 0 saturated heterocycles. The van der Waals surface area contributed by atoms with Crippen LogP contribution < -0.4 is 25.8 Å². The van der Waals surface area contributed by atoms with E-state index >= 15 is 0 Å². The molecule has 2 aromatic carbocycles. The first-order valence-electron chi connectivity index (χ1n) is 11.2. The van der Waals surface area contributed by atoms with Gasteiger partial charge in [-0.05, 0) is 48.6 Å². The Labute approximate surface area is 195 Å². The number of methoxy groups -OCH3 is 2. The summed E-state index contributed by atoms with van der Waals surface area (Å²) in [7, 11) is 3.26. The lowest BCUT2D eigenvalue weighted by Crippen LogP contribution is -2.59. The quantitative estimate of drug-likeness (QED) is 0.433. The number of nitrogens with two attached hydrogens (primary N) is 1. The Kier molecular flexibility index (Phi) is 7.10. The molecule has 0 spiro atoms. The van der Waals surface area contributed by atoms with E-state index in [4.69, 9.17) is 20.2 Å². The maximum absolute atomic E-state index is 6.92. The summed E-state index contributed by atoms with van der Waals surface area (Å²) in [6.07, 6.45) is 5.41. The number of anilines is 1. The number of aromatic nitrogens is 1. The molecule has 33 heavy (non-hydrogen) atoms. The Bertz CT molecular complexity index is 1100. The third-order valence-corrected chi connectivity index (χ3v) is 5.78. The van der Waals surface area contributed by atoms with Crippen molar-refractivity contribution in [2.45, 2.75) is 31.3 Å². The van der Waals surface area contributed by atoms with Crippen LogP contribution in [-0.4, -0.2) is 31.7 Å². The number of nitrogens with one attached hydrogen (secondary N) is 2. The van der Waals surface area contributed by atoms with Crippen LogP contribution in [-0.2, 0) is 18.5 Å². The summed E-state index contributed by atoms with van der Waals surface area (Å²) in [5, 5.41) is 6.70. The predicted octanol–water partition coefficient (Wildman–Crippen LogP) is 3.85. The topological polar surface area (TPSA) is 93.8 Å². The molecule has 1 unspecified atom stereocenters. The van der Waals surface area contributed by atoms with Crippen molar-refractivity contribution in [1.29, 1.82) is 0 Å². The van der Waals surface area contributed by atoms with Gasteiger partial charge >= 0.3 is 0 Å². The van der Waals surface area contributed by atoms with Crippen molar-refractivity contribution < 1.29 is 9.47 Å². The minimum Gasteiger partial charge on any atom is -0.493 e. The first-order valence-corrected chi connectivity index (χ1v) is 11.2. The molecule has 0 bridgehead atoms. The molecule has 0 amide bonds. The summed E-state index contributed by atoms with van der Waals surface area (Å²) < 4.78 is 10.8. The highest BCUT2D eigenvalue weighted by molar-refractivity contribution is 5.96. The maximum Gasteiger partial charge on any atom is 0.198 e. The number of unbranched alkanes of at least 4 members (excludes halogenated alkanes) is 1. The van der Waals surface area contributed by atoms with Crippen LogP contribution in [0.25, 0.3) is 0 Å². The zero-order valence-electron chi connectivity index (χ0n) is 19.2. The number of fused-ring (bicyclic) bond motifs is 1. The summed E-state index contributed by atoms with van der Waals surface area (Å²) in [6, 6.07) is 20.2. The minimum atomic E-state index is -0.864. The summed E-state index contributed by atoms with van der Waals surface area (Å²) in [5.74, 6) is 2.72. The van der Waals surface area contributed by atoms with Crippen LogP contribution in [0, 0.1) is 0 Å². The molecule has 7 nitrogen and oxygen atoms in total. The van der Waals surface area contributed by atoms with E-state index in [1.807, 2.05) is 36.4 Å². The van der Waals surface area contributed by atoms with Crippen molar-refractivity contribution in [3.8, 4) is 11.5 Å². The van der Waals surface area contributed by atoms with Gasteiger partial charge in [-0.15, -0.1) is 0 Å². The second-order valence-electron chi connectivity index (χ2n) is 8.16. The van der Waals surface area contributed by atoms with Gasteiger partial charge in [-0.2, -0.15) is 0 Å². The first-order chi connectivity index (χ1) is 16.1. The van der Waals surface area contributed by atoms with E-state index in [2.05, 4.69) is 39.9 Å². The number of guanidine groups is 1. The Hall–Kier alpha value is -3.58. The highest BCUT2D eigenvalue weighted by Gasteiger charge is 2.36. The third kappa shape index (κ3) is 5.43. The van der Waals surface area contributed by atoms with E-state index in [1.54, 1.807) is 20.4 Å². The number of nitrogens with zero attached hydrogens (tertiary/aromatic N) is 2. The van der Waals surface area contributed by atoms with Crippen molar-refractivity contribution in [2.24, 2.45) is 10.7 Å². The average Bonchev–Trinajstić information content (AvgIpc) is 2.84. The highest BCUT2D eigenvalue weighted by Crippen LogP contribution is 2.33. The van der Waals surface area contributed by atoms with Crippen molar-refractivity contribution in [3.63, 3.8) is 0 Å². The number of aryl methyl sites for hydroxylation is 1. The van der Waals surface area contributed by atoms with E-state index in [-0.39, 0.29) is 0 Å². The lowest BCUT2D eigenvalue weighted by Gasteiger charge is -2.38. The van der Waals surface area contributed by atoms with Crippen LogP contribution in [0.5, 0.6) is 11.5 Å². The van der Waals surface area contributed by atoms with Crippen molar-refractivity contribution in [1.82, 2.24) is 10.3 Å². The van der Waals surface area contributed by atoms with E-state index in [9.17, 15) is 0 Å². The molecule has 1 aromatic heterocycles. The third-order valence-electron chi connectivity index (χ3n) is 5.78. The Morgan fingerprint density at radius 2 is 1.76 bits per heavy atom. The van der Waals surface area contributed by atoms with Crippen LogP contribution >= 0.6 is 0 Å². The van der Waals surface area contributed by atoms with Gasteiger partial charge in [0.05, 0.1) is 14.2 Å². The van der Waals surface area contributed by atoms with Gasteiger partial charge in [0.1, 0.15) is 11.5 Å². The maximum atomic E-state index is 6.92. The van der Waals surface area contributed by atoms with Gasteiger partial charge in [-0.25, -0.2) is 4.98 Å². The fourth-order valence-corrected chi connectivity index (χ4v) is 4.09. The number of hydrogen-bond acceptors (Lipinski definition) is 5. The van der Waals surface area contributed by atoms with Gasteiger partial charge in [0, 0.05) is 24.7 Å². The monoisotopic (exact) mass is 445 g/mol. The van der Waals surface area contributed by atoms with Crippen LogP contribution in [0.3, 0.4) is 0 Å². The summed E-state index contributed by atoms with van der Waals surface area (Å²) >= 11 is 0. The van der Waals surface area contributed by atoms with Gasteiger partial charge in [-0.3, -0.25) is 4.99 Å². The molecule has 4 N–H and O–H groups in total. The Morgan fingerprint density at radius 1 is 0.939 bits per heavy atom. The smallest absolute Gasteiger partial charge is 0.198 e. The molecule has 0 aliphatic carbocycles. The van der Waals surface area contributed by atoms with Gasteiger partial charge in [0.25, 0.3) is 0 Å². The lowest BCUT2D eigenvalue weighted by atomic mass is 9.91. The molecule has 1 aliphatic heterocycles. The van der Waals surface area contributed by atoms with E-state index in [0.29, 0.717) is 30.4 Å². The normalized spacial score (nSPS) is 18.2. The zero-order valence-corrected chi connectivity index (χ0v) is 19.2. The second-order valence-corrected chi connectivity index (χ2v) is 8.16. The molecule has 0 saturated carbocycles. The van der Waals surface area contributed by atoms with Gasteiger partial charge in [0.2, 0.25) is 0 Å². The number of aliphatic imine (C=N–C) groups is 1. The Balaban J connectivity index is 1.47. The number of ether oxygens (including phenoxy) is 2. The van der Waals surface area contributed by atoms with E-state index in [1.165, 1.54) is 5.56 Å². The number of hydrogen-bond donors (Lipinski definition) is 3. The largest absolute Gasteiger partial charge is 0.493 e. The SMILES string of the molecule is COc1ccc(CC2(N)NC(=NCCCCc3ccccc3)Nc3ncccc32)cc1OC. The van der Waals surface area contributed by atoms with Gasteiger partial charge in [-0.1, -0.05) is 42.5 Å². The molecule has 172 valence electrons. The molecular weight excluding hydrogens is 414 g/mol. The van der Waals surface area contributed by atoms with Crippen molar-refractivity contribution in [2.75, 3.05) is 26.1 Å². The molecule has 3 aromatic rings. The predicted molar refractivity (Wildman–Crippen MR) is 132 cm³/mol. The minimum absolute atomic E-state index is 0.529. The molecule has 0 fully saturated rings. The molecule has 1 atom stereocenters. The molecular formula is C26H31N5O2. The van der Waals surface area contributed by atoms with E-state index in [0.717, 1.165) is 36.2 Å². The fraction of sp³-hybridized carbons (Fsp3) is 0.308. The van der Waals surface area contributed by atoms with Crippen LogP contribution in [0.15, 0.2) is 71.9 Å². The lowest BCUT2D eigenvalue weighted by molar-refractivity contribution is 0.352. The standard InChI is InChI=1S/C26H31N5O2/c1-32-22-14-13-20(17-23(22)33-2)18-26(27)21-12-8-16-28-24(21)30-25(31-26)29-15-7-6-11-19-9-4-3-5-10-19/h3-5,8-10,12-14,16-17H,6-7,11,15,18,27H2,1-2H3,(H2,28,29,30,31). The summed E-state index contributed by atoms with van der Waals surface area (Å²) in [4.78, 5) is 9.24. The fourth-order valence-electron chi connectivity index (χ4n) is 4.09. The second kappa shape index (κ2) is 10.4. The summed E-state index contributed by atoms with van der Waals surface area (Å²) in [6.45, 7) is 0.705. The highest BCUT2D eigenvalue weighted by atomic mass is 16.5. The van der Waals surface area contributed by atoms with Crippen LogP contribution in [0.2, 0.25) is 0 Å². The average molecular weight is 446 g/mol. The Morgan fingerprint density at radius 3 is 2.55 bits per heavy atom. The van der Waals surface area contributed by atoms with Crippen LogP contribution in [0.1, 0.15) is 29.5 Å². The number of pyridine rings is 1. The van der Waals surface area contributed by atoms with Gasteiger partial charge in [0.15, 0.2) is 17.5 Å². The number of benzene rings is 2. The molecule has 2 heterocycles. The molecule has 4 rings (SSSR count).